The summed E-state index contributed by atoms with van der Waals surface area (Å²) in [5, 5.41) is 14.6. The molecule has 24 heavy (non-hydrogen) atoms. The Labute approximate surface area is 147 Å². The summed E-state index contributed by atoms with van der Waals surface area (Å²) >= 11 is 12.0. The number of methoxy groups -OCH3 is 1. The minimum Gasteiger partial charge on any atom is -0.507 e. The van der Waals surface area contributed by atoms with Gasteiger partial charge < -0.3 is 15.2 Å². The number of fused-ring (bicyclic) bond motifs is 1. The molecule has 3 rings (SSSR count). The molecule has 1 heterocycles. The number of hydrogen-bond donors (Lipinski definition) is 2. The van der Waals surface area contributed by atoms with Crippen LogP contribution in [-0.4, -0.2) is 23.1 Å². The number of ether oxygens (including phenoxy) is 1. The molecule has 0 aliphatic heterocycles. The van der Waals surface area contributed by atoms with E-state index in [-0.39, 0.29) is 27.0 Å². The Kier molecular flexibility index (Phi) is 4.46. The zero-order valence-corrected chi connectivity index (χ0v) is 14.0. The molecule has 3 aromatic rings. The predicted octanol–water partition coefficient (Wildman–Crippen LogP) is 4.51. The first-order chi connectivity index (χ1) is 11.5. The maximum absolute atomic E-state index is 12.7. The molecule has 7 heteroatoms. The van der Waals surface area contributed by atoms with Crippen LogP contribution in [0.5, 0.6) is 11.5 Å². The summed E-state index contributed by atoms with van der Waals surface area (Å²) < 4.78 is 5.26. The molecule has 0 aliphatic rings. The van der Waals surface area contributed by atoms with E-state index in [1.807, 2.05) is 6.07 Å². The number of carbonyl (C=O) groups is 1. The van der Waals surface area contributed by atoms with Gasteiger partial charge in [-0.1, -0.05) is 47.5 Å². The van der Waals surface area contributed by atoms with Crippen LogP contribution < -0.4 is 10.1 Å². The third-order valence-corrected chi connectivity index (χ3v) is 4.10. The first-order valence-corrected chi connectivity index (χ1v) is 7.67. The summed E-state index contributed by atoms with van der Waals surface area (Å²) in [4.78, 5) is 16.5. The van der Waals surface area contributed by atoms with E-state index in [4.69, 9.17) is 27.9 Å². The molecule has 1 aromatic heterocycles. The summed E-state index contributed by atoms with van der Waals surface area (Å²) in [5.41, 5.74) is 0.341. The van der Waals surface area contributed by atoms with Crippen molar-refractivity contribution in [1.82, 2.24) is 4.98 Å². The Morgan fingerprint density at radius 1 is 1.17 bits per heavy atom. The van der Waals surface area contributed by atoms with Crippen molar-refractivity contribution in [1.29, 1.82) is 0 Å². The number of pyridine rings is 1. The number of amides is 1. The molecule has 2 N–H and O–H groups in total. The minimum atomic E-state index is -0.540. The van der Waals surface area contributed by atoms with E-state index in [2.05, 4.69) is 10.3 Å². The van der Waals surface area contributed by atoms with E-state index >= 15 is 0 Å². The van der Waals surface area contributed by atoms with Crippen molar-refractivity contribution in [2.45, 2.75) is 0 Å². The molecule has 0 bridgehead atoms. The number of aromatic nitrogens is 1. The monoisotopic (exact) mass is 362 g/mol. The Hall–Kier alpha value is -2.50. The summed E-state index contributed by atoms with van der Waals surface area (Å²) in [6.07, 6.45) is 2.74. The molecule has 0 saturated carbocycles. The van der Waals surface area contributed by atoms with E-state index in [0.717, 1.165) is 0 Å². The van der Waals surface area contributed by atoms with Gasteiger partial charge in [-0.15, -0.1) is 0 Å². The molecular weight excluding hydrogens is 351 g/mol. The summed E-state index contributed by atoms with van der Waals surface area (Å²) in [5.74, 6) is -0.273. The topological polar surface area (TPSA) is 71.5 Å². The smallest absolute Gasteiger partial charge is 0.260 e. The number of aromatic hydroxyl groups is 1. The zero-order chi connectivity index (χ0) is 17.3. The third-order valence-electron chi connectivity index (χ3n) is 3.52. The fourth-order valence-corrected chi connectivity index (χ4v) is 2.90. The number of phenolic OH excluding ortho intramolecular Hbond substituents is 1. The van der Waals surface area contributed by atoms with Gasteiger partial charge in [0.15, 0.2) is 0 Å². The SMILES string of the molecule is COc1cc(O)c(C(=O)Nc2c(Cl)cncc2Cl)c2ccccc12. The van der Waals surface area contributed by atoms with Gasteiger partial charge >= 0.3 is 0 Å². The number of rotatable bonds is 3. The average Bonchev–Trinajstić information content (AvgIpc) is 2.57. The number of carbonyl (C=O) groups excluding carboxylic acids is 1. The van der Waals surface area contributed by atoms with Gasteiger partial charge in [0.2, 0.25) is 0 Å². The molecule has 0 atom stereocenters. The number of anilines is 1. The number of hydrogen-bond acceptors (Lipinski definition) is 4. The van der Waals surface area contributed by atoms with Gasteiger partial charge in [-0.25, -0.2) is 0 Å². The Morgan fingerprint density at radius 2 is 1.79 bits per heavy atom. The lowest BCUT2D eigenvalue weighted by atomic mass is 10.0. The van der Waals surface area contributed by atoms with Gasteiger partial charge in [0.25, 0.3) is 5.91 Å². The van der Waals surface area contributed by atoms with E-state index in [1.165, 1.54) is 25.6 Å². The quantitative estimate of drug-likeness (QED) is 0.718. The third kappa shape index (κ3) is 2.84. The first kappa shape index (κ1) is 16.4. The molecular formula is C17H12Cl2N2O3. The van der Waals surface area contributed by atoms with E-state index < -0.39 is 5.91 Å². The number of halogens is 2. The highest BCUT2D eigenvalue weighted by molar-refractivity contribution is 6.40. The number of phenols is 1. The van der Waals surface area contributed by atoms with Crippen LogP contribution in [0, 0.1) is 0 Å². The minimum absolute atomic E-state index is 0.107. The van der Waals surface area contributed by atoms with Gasteiger partial charge in [0.05, 0.1) is 28.4 Å². The highest BCUT2D eigenvalue weighted by atomic mass is 35.5. The van der Waals surface area contributed by atoms with Crippen LogP contribution in [0.1, 0.15) is 10.4 Å². The normalized spacial score (nSPS) is 10.6. The molecule has 0 spiro atoms. The van der Waals surface area contributed by atoms with Crippen molar-refractivity contribution in [2.75, 3.05) is 12.4 Å². The van der Waals surface area contributed by atoms with Crippen molar-refractivity contribution < 1.29 is 14.6 Å². The number of nitrogens with one attached hydrogen (secondary N) is 1. The van der Waals surface area contributed by atoms with E-state index in [9.17, 15) is 9.90 Å². The average molecular weight is 363 g/mol. The Morgan fingerprint density at radius 3 is 2.42 bits per heavy atom. The molecule has 5 nitrogen and oxygen atoms in total. The second kappa shape index (κ2) is 6.55. The molecule has 1 amide bonds. The van der Waals surface area contributed by atoms with Crippen LogP contribution in [0.4, 0.5) is 5.69 Å². The van der Waals surface area contributed by atoms with Crippen molar-refractivity contribution in [2.24, 2.45) is 0 Å². The maximum atomic E-state index is 12.7. The summed E-state index contributed by atoms with van der Waals surface area (Å²) in [6, 6.07) is 8.51. The predicted molar refractivity (Wildman–Crippen MR) is 94.4 cm³/mol. The van der Waals surface area contributed by atoms with Gasteiger partial charge in [-0.3, -0.25) is 9.78 Å². The Bertz CT molecular complexity index is 924. The van der Waals surface area contributed by atoms with Crippen molar-refractivity contribution in [3.63, 3.8) is 0 Å². The molecule has 0 fully saturated rings. The fourth-order valence-electron chi connectivity index (χ4n) is 2.44. The highest BCUT2D eigenvalue weighted by Crippen LogP contribution is 2.36. The fraction of sp³-hybridized carbons (Fsp3) is 0.0588. The standard InChI is InChI=1S/C17H12Cl2N2O3/c1-24-14-6-13(22)15(10-5-3-2-4-9(10)14)17(23)21-16-11(18)7-20-8-12(16)19/h2-8,22H,1H3,(H,20,21,23). The van der Waals surface area contributed by atoms with Crippen molar-refractivity contribution in [3.05, 3.63) is 58.3 Å². The van der Waals surface area contributed by atoms with Crippen LogP contribution >= 0.6 is 23.2 Å². The molecule has 0 aliphatic carbocycles. The number of nitrogens with zero attached hydrogens (tertiary/aromatic N) is 1. The van der Waals surface area contributed by atoms with E-state index in [0.29, 0.717) is 16.5 Å². The lowest BCUT2D eigenvalue weighted by Crippen LogP contribution is -2.13. The van der Waals surface area contributed by atoms with Crippen LogP contribution in [0.15, 0.2) is 42.7 Å². The van der Waals surface area contributed by atoms with Crippen LogP contribution in [0.25, 0.3) is 10.8 Å². The van der Waals surface area contributed by atoms with Gasteiger partial charge in [0, 0.05) is 29.2 Å². The molecule has 0 saturated heterocycles. The molecule has 2 aromatic carbocycles. The zero-order valence-electron chi connectivity index (χ0n) is 12.5. The summed E-state index contributed by atoms with van der Waals surface area (Å²) in [6.45, 7) is 0. The maximum Gasteiger partial charge on any atom is 0.260 e. The largest absolute Gasteiger partial charge is 0.507 e. The second-order valence-electron chi connectivity index (χ2n) is 4.95. The van der Waals surface area contributed by atoms with Gasteiger partial charge in [0.1, 0.15) is 11.5 Å². The lowest BCUT2D eigenvalue weighted by molar-refractivity contribution is 0.102. The van der Waals surface area contributed by atoms with Crippen molar-refractivity contribution in [3.8, 4) is 11.5 Å². The number of benzene rings is 2. The van der Waals surface area contributed by atoms with Crippen LogP contribution in [0.2, 0.25) is 10.0 Å². The summed E-state index contributed by atoms with van der Waals surface area (Å²) in [7, 11) is 1.50. The van der Waals surface area contributed by atoms with Gasteiger partial charge in [-0.2, -0.15) is 0 Å². The van der Waals surface area contributed by atoms with Crippen LogP contribution in [-0.2, 0) is 0 Å². The van der Waals surface area contributed by atoms with Crippen LogP contribution in [0.3, 0.4) is 0 Å². The van der Waals surface area contributed by atoms with E-state index in [1.54, 1.807) is 18.2 Å². The lowest BCUT2D eigenvalue weighted by Gasteiger charge is -2.14. The molecule has 122 valence electrons. The first-order valence-electron chi connectivity index (χ1n) is 6.92. The van der Waals surface area contributed by atoms with Crippen molar-refractivity contribution >= 4 is 45.6 Å². The Balaban J connectivity index is 2.13. The highest BCUT2D eigenvalue weighted by Gasteiger charge is 2.20. The van der Waals surface area contributed by atoms with Gasteiger partial charge in [-0.05, 0) is 0 Å². The molecule has 0 radical (unpaired) electrons. The molecule has 0 unspecified atom stereocenters. The second-order valence-corrected chi connectivity index (χ2v) is 5.77.